The van der Waals surface area contributed by atoms with Crippen LogP contribution in [0.25, 0.3) is 10.8 Å². The van der Waals surface area contributed by atoms with Gasteiger partial charge < -0.3 is 19.5 Å². The molecule has 2 amide bonds. The Hall–Kier alpha value is -5.18. The lowest BCUT2D eigenvalue weighted by Gasteiger charge is -2.12. The molecule has 9 nitrogen and oxygen atoms in total. The molecule has 0 aromatic heterocycles. The molecule has 0 unspecified atom stereocenters. The molecule has 2 N–H and O–H groups in total. The van der Waals surface area contributed by atoms with Crippen LogP contribution in [0.15, 0.2) is 90.0 Å². The number of carbonyl (C=O) groups is 3. The predicted molar refractivity (Wildman–Crippen MR) is 153 cm³/mol. The normalized spacial score (nSPS) is 10.8. The van der Waals surface area contributed by atoms with Gasteiger partial charge in [-0.1, -0.05) is 43.3 Å². The fraction of sp³-hybridized carbons (Fsp3) is 0.161. The molecule has 0 aliphatic heterocycles. The minimum absolute atomic E-state index is 0.230. The van der Waals surface area contributed by atoms with Crippen LogP contribution in [0.3, 0.4) is 0 Å². The molecule has 0 saturated carbocycles. The lowest BCUT2D eigenvalue weighted by atomic mass is 10.1. The first-order chi connectivity index (χ1) is 19.5. The summed E-state index contributed by atoms with van der Waals surface area (Å²) in [5.41, 5.74) is 3.65. The summed E-state index contributed by atoms with van der Waals surface area (Å²) in [6.07, 6.45) is 2.24. The lowest BCUT2D eigenvalue weighted by Crippen LogP contribution is -2.32. The molecule has 0 radical (unpaired) electrons. The highest BCUT2D eigenvalue weighted by molar-refractivity contribution is 6.40. The van der Waals surface area contributed by atoms with Gasteiger partial charge in [0.25, 0.3) is 0 Å². The zero-order valence-electron chi connectivity index (χ0n) is 22.2. The molecule has 0 fully saturated rings. The molecule has 0 saturated heterocycles. The minimum atomic E-state index is -0.925. The quantitative estimate of drug-likeness (QED) is 0.0925. The van der Waals surface area contributed by atoms with Gasteiger partial charge in [-0.2, -0.15) is 5.10 Å². The van der Waals surface area contributed by atoms with E-state index >= 15 is 0 Å². The van der Waals surface area contributed by atoms with Crippen molar-refractivity contribution in [3.8, 4) is 17.2 Å². The molecule has 204 valence electrons. The molecular formula is C31H29N3O6. The van der Waals surface area contributed by atoms with Gasteiger partial charge in [-0.3, -0.25) is 9.59 Å². The molecule has 0 aliphatic rings. The molecule has 0 aliphatic carbocycles. The SMILES string of the molecule is CCCOc1ccc(C(=O)Oc2ccc(C=NNC(=O)C(=O)Nc3cccc4ccccc34)cc2OCC)cc1. The van der Waals surface area contributed by atoms with Crippen molar-refractivity contribution in [3.05, 3.63) is 96.1 Å². The van der Waals surface area contributed by atoms with Crippen molar-refractivity contribution in [2.24, 2.45) is 5.10 Å². The first-order valence-electron chi connectivity index (χ1n) is 12.8. The van der Waals surface area contributed by atoms with Gasteiger partial charge in [0.15, 0.2) is 11.5 Å². The number of nitrogens with zero attached hydrogens (tertiary/aromatic N) is 1. The first-order valence-corrected chi connectivity index (χ1v) is 12.8. The second-order valence-corrected chi connectivity index (χ2v) is 8.58. The Morgan fingerprint density at radius 3 is 2.38 bits per heavy atom. The summed E-state index contributed by atoms with van der Waals surface area (Å²) in [5.74, 6) is -1.10. The molecule has 4 aromatic carbocycles. The molecule has 0 atom stereocenters. The first kappa shape index (κ1) is 27.8. The third kappa shape index (κ3) is 7.22. The fourth-order valence-corrected chi connectivity index (χ4v) is 3.75. The summed E-state index contributed by atoms with van der Waals surface area (Å²) in [7, 11) is 0. The van der Waals surface area contributed by atoms with Gasteiger partial charge in [0.2, 0.25) is 0 Å². The van der Waals surface area contributed by atoms with Crippen molar-refractivity contribution in [2.75, 3.05) is 18.5 Å². The highest BCUT2D eigenvalue weighted by Crippen LogP contribution is 2.29. The Morgan fingerprint density at radius 2 is 1.60 bits per heavy atom. The van der Waals surface area contributed by atoms with E-state index in [2.05, 4.69) is 15.8 Å². The monoisotopic (exact) mass is 539 g/mol. The number of carbonyl (C=O) groups excluding carboxylic acids is 3. The molecule has 40 heavy (non-hydrogen) atoms. The molecule has 0 bridgehead atoms. The molecule has 9 heteroatoms. The topological polar surface area (TPSA) is 115 Å². The number of hydrogen-bond donors (Lipinski definition) is 2. The molecule has 4 rings (SSSR count). The van der Waals surface area contributed by atoms with Gasteiger partial charge in [0, 0.05) is 11.1 Å². The summed E-state index contributed by atoms with van der Waals surface area (Å²) in [5, 5.41) is 8.24. The van der Waals surface area contributed by atoms with Crippen molar-refractivity contribution in [1.82, 2.24) is 5.43 Å². The average Bonchev–Trinajstić information content (AvgIpc) is 2.97. The molecule has 0 heterocycles. The van der Waals surface area contributed by atoms with E-state index in [1.165, 1.54) is 6.21 Å². The number of ether oxygens (including phenoxy) is 3. The van der Waals surface area contributed by atoms with Crippen molar-refractivity contribution in [1.29, 1.82) is 0 Å². The number of anilines is 1. The zero-order valence-corrected chi connectivity index (χ0v) is 22.2. The van der Waals surface area contributed by atoms with E-state index in [0.717, 1.165) is 17.2 Å². The van der Waals surface area contributed by atoms with Gasteiger partial charge in [0.05, 0.1) is 25.0 Å². The standard InChI is InChI=1S/C31H29N3O6/c1-3-18-39-24-15-13-23(14-16-24)31(37)40-27-17-12-21(19-28(27)38-4-2)20-32-34-30(36)29(35)33-26-11-7-9-22-8-5-6-10-25(22)26/h5-17,19-20H,3-4,18H2,1-2H3,(H,33,35)(H,34,36). The Bertz CT molecular complexity index is 1530. The lowest BCUT2D eigenvalue weighted by molar-refractivity contribution is -0.136. The highest BCUT2D eigenvalue weighted by Gasteiger charge is 2.15. The highest BCUT2D eigenvalue weighted by atomic mass is 16.6. The summed E-state index contributed by atoms with van der Waals surface area (Å²) < 4.78 is 16.7. The Balaban J connectivity index is 1.37. The summed E-state index contributed by atoms with van der Waals surface area (Å²) >= 11 is 0. The van der Waals surface area contributed by atoms with E-state index < -0.39 is 17.8 Å². The van der Waals surface area contributed by atoms with Crippen molar-refractivity contribution < 1.29 is 28.6 Å². The van der Waals surface area contributed by atoms with Gasteiger partial charge in [-0.05, 0) is 72.8 Å². The van der Waals surface area contributed by atoms with E-state index in [1.54, 1.807) is 61.5 Å². The van der Waals surface area contributed by atoms with E-state index in [1.807, 2.05) is 37.3 Å². The number of hydrazone groups is 1. The third-order valence-electron chi connectivity index (χ3n) is 5.66. The maximum atomic E-state index is 12.7. The summed E-state index contributed by atoms with van der Waals surface area (Å²) in [6, 6.07) is 24.5. The number of fused-ring (bicyclic) bond motifs is 1. The van der Waals surface area contributed by atoms with Crippen molar-refractivity contribution >= 4 is 40.5 Å². The Morgan fingerprint density at radius 1 is 0.825 bits per heavy atom. The number of hydrogen-bond acceptors (Lipinski definition) is 7. The maximum absolute atomic E-state index is 12.7. The zero-order chi connectivity index (χ0) is 28.3. The number of benzene rings is 4. The van der Waals surface area contributed by atoms with Crippen LogP contribution in [0.5, 0.6) is 17.2 Å². The van der Waals surface area contributed by atoms with Gasteiger partial charge in [-0.25, -0.2) is 10.2 Å². The van der Waals surface area contributed by atoms with Crippen LogP contribution in [0, 0.1) is 0 Å². The van der Waals surface area contributed by atoms with Crippen LogP contribution in [0.2, 0.25) is 0 Å². The van der Waals surface area contributed by atoms with E-state index in [9.17, 15) is 14.4 Å². The molecule has 0 spiro atoms. The van der Waals surface area contributed by atoms with Gasteiger partial charge in [0.1, 0.15) is 5.75 Å². The van der Waals surface area contributed by atoms with Crippen molar-refractivity contribution in [3.63, 3.8) is 0 Å². The smallest absolute Gasteiger partial charge is 0.343 e. The van der Waals surface area contributed by atoms with E-state index in [-0.39, 0.29) is 5.75 Å². The van der Waals surface area contributed by atoms with E-state index in [4.69, 9.17) is 14.2 Å². The van der Waals surface area contributed by atoms with Crippen LogP contribution in [0.1, 0.15) is 36.2 Å². The summed E-state index contributed by atoms with van der Waals surface area (Å²) in [4.78, 5) is 37.4. The Kier molecular flexibility index (Phi) is 9.44. The average molecular weight is 540 g/mol. The fourth-order valence-electron chi connectivity index (χ4n) is 3.75. The largest absolute Gasteiger partial charge is 0.494 e. The number of nitrogens with one attached hydrogen (secondary N) is 2. The second-order valence-electron chi connectivity index (χ2n) is 8.58. The third-order valence-corrected chi connectivity index (χ3v) is 5.66. The maximum Gasteiger partial charge on any atom is 0.343 e. The van der Waals surface area contributed by atoms with E-state index in [0.29, 0.717) is 41.5 Å². The predicted octanol–water partition coefficient (Wildman–Crippen LogP) is 5.34. The van der Waals surface area contributed by atoms with Crippen LogP contribution in [0.4, 0.5) is 5.69 Å². The summed E-state index contributed by atoms with van der Waals surface area (Å²) in [6.45, 7) is 4.75. The molecular weight excluding hydrogens is 510 g/mol. The van der Waals surface area contributed by atoms with Crippen molar-refractivity contribution in [2.45, 2.75) is 20.3 Å². The number of esters is 1. The molecule has 4 aromatic rings. The van der Waals surface area contributed by atoms with Gasteiger partial charge >= 0.3 is 17.8 Å². The van der Waals surface area contributed by atoms with Crippen LogP contribution in [-0.2, 0) is 9.59 Å². The number of amides is 2. The van der Waals surface area contributed by atoms with Crippen LogP contribution >= 0.6 is 0 Å². The second kappa shape index (κ2) is 13.6. The Labute approximate surface area is 231 Å². The van der Waals surface area contributed by atoms with Crippen LogP contribution < -0.4 is 25.0 Å². The van der Waals surface area contributed by atoms with Crippen LogP contribution in [-0.4, -0.2) is 37.2 Å². The minimum Gasteiger partial charge on any atom is -0.494 e. The number of rotatable bonds is 10. The van der Waals surface area contributed by atoms with Gasteiger partial charge in [-0.15, -0.1) is 0 Å².